The minimum Gasteiger partial charge on any atom is -0.384 e. The summed E-state index contributed by atoms with van der Waals surface area (Å²) in [5.41, 5.74) is 1.37. The van der Waals surface area contributed by atoms with Crippen LogP contribution in [-0.4, -0.2) is 37.2 Å². The predicted molar refractivity (Wildman–Crippen MR) is 81.1 cm³/mol. The summed E-state index contributed by atoms with van der Waals surface area (Å²) >= 11 is 0. The van der Waals surface area contributed by atoms with Crippen molar-refractivity contribution in [2.45, 2.75) is 33.1 Å². The van der Waals surface area contributed by atoms with E-state index in [9.17, 15) is 4.79 Å². The zero-order valence-electron chi connectivity index (χ0n) is 12.4. The van der Waals surface area contributed by atoms with Gasteiger partial charge in [-0.05, 0) is 31.9 Å². The van der Waals surface area contributed by atoms with Crippen LogP contribution in [0.4, 0.5) is 5.69 Å². The molecule has 0 aromatic carbocycles. The molecule has 5 heteroatoms. The molecule has 0 aliphatic heterocycles. The summed E-state index contributed by atoms with van der Waals surface area (Å²) < 4.78 is 5.43. The number of aromatic nitrogens is 1. The van der Waals surface area contributed by atoms with E-state index in [0.717, 1.165) is 38.1 Å². The van der Waals surface area contributed by atoms with Gasteiger partial charge < -0.3 is 15.4 Å². The number of anilines is 1. The first-order valence-electron chi connectivity index (χ1n) is 7.33. The van der Waals surface area contributed by atoms with Crippen molar-refractivity contribution in [2.24, 2.45) is 0 Å². The molecule has 0 unspecified atom stereocenters. The molecular weight excluding hydrogens is 254 g/mol. The van der Waals surface area contributed by atoms with Crippen LogP contribution in [0, 0.1) is 0 Å². The van der Waals surface area contributed by atoms with E-state index in [1.165, 1.54) is 0 Å². The van der Waals surface area contributed by atoms with Crippen molar-refractivity contribution in [3.63, 3.8) is 0 Å². The lowest BCUT2D eigenvalue weighted by molar-refractivity contribution is 0.0935. The van der Waals surface area contributed by atoms with Gasteiger partial charge in [-0.3, -0.25) is 4.79 Å². The van der Waals surface area contributed by atoms with E-state index in [2.05, 4.69) is 22.5 Å². The number of amides is 1. The minimum atomic E-state index is -0.137. The predicted octanol–water partition coefficient (Wildman–Crippen LogP) is 2.45. The third-order valence-electron chi connectivity index (χ3n) is 2.77. The van der Waals surface area contributed by atoms with Crippen molar-refractivity contribution in [1.29, 1.82) is 0 Å². The zero-order valence-corrected chi connectivity index (χ0v) is 12.4. The highest BCUT2D eigenvalue weighted by Gasteiger charge is 2.05. The lowest BCUT2D eigenvalue weighted by Crippen LogP contribution is -2.26. The minimum absolute atomic E-state index is 0.137. The molecule has 0 saturated heterocycles. The molecule has 0 radical (unpaired) electrons. The Morgan fingerprint density at radius 1 is 1.25 bits per heavy atom. The Hall–Kier alpha value is -1.62. The van der Waals surface area contributed by atoms with Crippen LogP contribution in [0.15, 0.2) is 18.3 Å². The van der Waals surface area contributed by atoms with Crippen molar-refractivity contribution in [3.05, 3.63) is 24.0 Å². The molecule has 0 aliphatic rings. The Morgan fingerprint density at radius 3 is 2.70 bits per heavy atom. The number of unbranched alkanes of at least 4 members (excludes halogenated alkanes) is 1. The molecule has 1 aromatic rings. The summed E-state index contributed by atoms with van der Waals surface area (Å²) in [6, 6.07) is 3.59. The van der Waals surface area contributed by atoms with Gasteiger partial charge >= 0.3 is 0 Å². The molecule has 0 aliphatic carbocycles. The Kier molecular flexibility index (Phi) is 8.38. The van der Waals surface area contributed by atoms with Gasteiger partial charge in [-0.15, -0.1) is 0 Å². The van der Waals surface area contributed by atoms with Crippen LogP contribution < -0.4 is 10.6 Å². The van der Waals surface area contributed by atoms with Crippen molar-refractivity contribution in [1.82, 2.24) is 10.3 Å². The van der Waals surface area contributed by atoms with E-state index >= 15 is 0 Å². The SMILES string of the molecule is CCCCOCCCNC(=O)c1ccc(NCC)cn1. The molecule has 1 aromatic heterocycles. The van der Waals surface area contributed by atoms with Crippen LogP contribution >= 0.6 is 0 Å². The molecule has 112 valence electrons. The fourth-order valence-corrected chi connectivity index (χ4v) is 1.65. The van der Waals surface area contributed by atoms with E-state index in [1.807, 2.05) is 13.0 Å². The van der Waals surface area contributed by atoms with Crippen molar-refractivity contribution in [3.8, 4) is 0 Å². The number of pyridine rings is 1. The summed E-state index contributed by atoms with van der Waals surface area (Å²) in [7, 11) is 0. The Morgan fingerprint density at radius 2 is 2.05 bits per heavy atom. The summed E-state index contributed by atoms with van der Waals surface area (Å²) in [5.74, 6) is -0.137. The van der Waals surface area contributed by atoms with E-state index in [0.29, 0.717) is 18.8 Å². The van der Waals surface area contributed by atoms with E-state index in [1.54, 1.807) is 12.3 Å². The second-order valence-corrected chi connectivity index (χ2v) is 4.54. The number of rotatable bonds is 10. The van der Waals surface area contributed by atoms with E-state index < -0.39 is 0 Å². The smallest absolute Gasteiger partial charge is 0.269 e. The van der Waals surface area contributed by atoms with Crippen molar-refractivity contribution < 1.29 is 9.53 Å². The maximum Gasteiger partial charge on any atom is 0.269 e. The van der Waals surface area contributed by atoms with E-state index in [4.69, 9.17) is 4.74 Å². The highest BCUT2D eigenvalue weighted by Crippen LogP contribution is 2.05. The number of hydrogen-bond acceptors (Lipinski definition) is 4. The Bertz CT molecular complexity index is 379. The molecule has 0 saturated carbocycles. The van der Waals surface area contributed by atoms with Gasteiger partial charge in [-0.25, -0.2) is 4.98 Å². The first-order valence-corrected chi connectivity index (χ1v) is 7.33. The van der Waals surface area contributed by atoms with Gasteiger partial charge in [0.1, 0.15) is 5.69 Å². The molecule has 20 heavy (non-hydrogen) atoms. The average Bonchev–Trinajstić information content (AvgIpc) is 2.47. The molecule has 0 atom stereocenters. The van der Waals surface area contributed by atoms with Gasteiger partial charge in [0.2, 0.25) is 0 Å². The Balaban J connectivity index is 2.18. The maximum atomic E-state index is 11.8. The highest BCUT2D eigenvalue weighted by molar-refractivity contribution is 5.92. The first kappa shape index (κ1) is 16.4. The van der Waals surface area contributed by atoms with Crippen molar-refractivity contribution >= 4 is 11.6 Å². The molecule has 1 heterocycles. The number of ether oxygens (including phenoxy) is 1. The summed E-state index contributed by atoms with van der Waals surface area (Å²) in [6.07, 6.45) is 4.73. The first-order chi connectivity index (χ1) is 9.77. The van der Waals surface area contributed by atoms with E-state index in [-0.39, 0.29) is 5.91 Å². The van der Waals surface area contributed by atoms with Crippen LogP contribution in [0.5, 0.6) is 0 Å². The average molecular weight is 279 g/mol. The summed E-state index contributed by atoms with van der Waals surface area (Å²) in [4.78, 5) is 15.9. The van der Waals surface area contributed by atoms with Gasteiger partial charge in [0.25, 0.3) is 5.91 Å². The monoisotopic (exact) mass is 279 g/mol. The Labute approximate surface area is 121 Å². The largest absolute Gasteiger partial charge is 0.384 e. The molecule has 1 amide bonds. The number of nitrogens with one attached hydrogen (secondary N) is 2. The summed E-state index contributed by atoms with van der Waals surface area (Å²) in [5, 5.41) is 5.98. The standard InChI is InChI=1S/C15H25N3O2/c1-3-5-10-20-11-6-9-17-15(19)14-8-7-13(12-18-14)16-4-2/h7-8,12,16H,3-6,9-11H2,1-2H3,(H,17,19). The zero-order chi connectivity index (χ0) is 14.6. The fourth-order valence-electron chi connectivity index (χ4n) is 1.65. The normalized spacial score (nSPS) is 10.3. The van der Waals surface area contributed by atoms with Gasteiger partial charge in [-0.1, -0.05) is 13.3 Å². The third kappa shape index (κ3) is 6.52. The van der Waals surface area contributed by atoms with Gasteiger partial charge in [0, 0.05) is 26.3 Å². The molecule has 1 rings (SSSR count). The fraction of sp³-hybridized carbons (Fsp3) is 0.600. The quantitative estimate of drug-likeness (QED) is 0.646. The topological polar surface area (TPSA) is 63.2 Å². The maximum absolute atomic E-state index is 11.8. The van der Waals surface area contributed by atoms with Crippen LogP contribution in [0.2, 0.25) is 0 Å². The number of nitrogens with zero attached hydrogens (tertiary/aromatic N) is 1. The van der Waals surface area contributed by atoms with Crippen LogP contribution in [0.25, 0.3) is 0 Å². The second-order valence-electron chi connectivity index (χ2n) is 4.54. The van der Waals surface area contributed by atoms with Gasteiger partial charge in [0.05, 0.1) is 11.9 Å². The molecule has 2 N–H and O–H groups in total. The van der Waals surface area contributed by atoms with Crippen LogP contribution in [0.1, 0.15) is 43.6 Å². The van der Waals surface area contributed by atoms with Crippen LogP contribution in [0.3, 0.4) is 0 Å². The van der Waals surface area contributed by atoms with Crippen LogP contribution in [-0.2, 0) is 4.74 Å². The lowest BCUT2D eigenvalue weighted by Gasteiger charge is -2.06. The second kappa shape index (κ2) is 10.2. The molecular formula is C15H25N3O2. The molecule has 0 fully saturated rings. The molecule has 0 spiro atoms. The van der Waals surface area contributed by atoms with Gasteiger partial charge in [0.15, 0.2) is 0 Å². The van der Waals surface area contributed by atoms with Gasteiger partial charge in [-0.2, -0.15) is 0 Å². The number of carbonyl (C=O) groups excluding carboxylic acids is 1. The molecule has 5 nitrogen and oxygen atoms in total. The third-order valence-corrected chi connectivity index (χ3v) is 2.77. The summed E-state index contributed by atoms with van der Waals surface area (Å²) in [6.45, 7) is 7.10. The number of carbonyl (C=O) groups is 1. The highest BCUT2D eigenvalue weighted by atomic mass is 16.5. The lowest BCUT2D eigenvalue weighted by atomic mass is 10.3. The molecule has 0 bridgehead atoms. The van der Waals surface area contributed by atoms with Crippen molar-refractivity contribution in [2.75, 3.05) is 31.6 Å². The number of hydrogen-bond donors (Lipinski definition) is 2.